The molecule has 48 heavy (non-hydrogen) atoms. The normalized spacial score (nSPS) is 18.9. The number of phenolic OH excluding ortho intramolecular Hbond substituents is 1. The zero-order valence-corrected chi connectivity index (χ0v) is 27.6. The number of aliphatic imine (C=N–C) groups is 1. The average molecular weight is 676 g/mol. The van der Waals surface area contributed by atoms with Crippen LogP contribution >= 0.6 is 0 Å². The van der Waals surface area contributed by atoms with Gasteiger partial charge in [-0.15, -0.1) is 0 Å². The smallest absolute Gasteiger partial charge is 0.328 e. The van der Waals surface area contributed by atoms with E-state index in [1.54, 1.807) is 18.2 Å². The van der Waals surface area contributed by atoms with Crippen LogP contribution in [0.4, 0.5) is 0 Å². The fourth-order valence-corrected chi connectivity index (χ4v) is 5.54. The maximum Gasteiger partial charge on any atom is 0.328 e. The summed E-state index contributed by atoms with van der Waals surface area (Å²) in [6.07, 6.45) is 6.67. The topological polar surface area (TPSA) is 207 Å². The Bertz CT molecular complexity index is 1260. The lowest BCUT2D eigenvalue weighted by Gasteiger charge is -2.24. The third-order valence-corrected chi connectivity index (χ3v) is 8.27. The summed E-state index contributed by atoms with van der Waals surface area (Å²) in [5.74, 6) is -2.42. The van der Waals surface area contributed by atoms with E-state index in [0.717, 1.165) is 25.7 Å². The zero-order chi connectivity index (χ0) is 34.9. The van der Waals surface area contributed by atoms with Crippen LogP contribution in [0.15, 0.2) is 29.3 Å². The van der Waals surface area contributed by atoms with E-state index in [-0.39, 0.29) is 50.6 Å². The van der Waals surface area contributed by atoms with Crippen LogP contribution in [0.2, 0.25) is 0 Å². The number of hydrogen-bond acceptors (Lipinski definition) is 11. The SMILES string of the molecule is CCCCCCC[C@@H](CC(=O)N[C@H]1CCCCN(O)C1=O)OC(=O)[C@H](CCCCN(O)C=O)NC(=O)[C@@H]1COC(c2ccccc2O)=N1. The van der Waals surface area contributed by atoms with Crippen LogP contribution in [-0.4, -0.2) is 106 Å². The molecular weight excluding hydrogens is 626 g/mol. The molecule has 0 bridgehead atoms. The summed E-state index contributed by atoms with van der Waals surface area (Å²) in [5, 5.41) is 36.0. The molecule has 0 aromatic heterocycles. The zero-order valence-electron chi connectivity index (χ0n) is 27.6. The van der Waals surface area contributed by atoms with E-state index >= 15 is 0 Å². The molecule has 4 amide bonds. The van der Waals surface area contributed by atoms with Gasteiger partial charge in [0.2, 0.25) is 24.1 Å². The van der Waals surface area contributed by atoms with Gasteiger partial charge < -0.3 is 25.2 Å². The molecule has 1 fully saturated rings. The van der Waals surface area contributed by atoms with E-state index in [9.17, 15) is 39.5 Å². The number of rotatable bonds is 20. The molecule has 5 N–H and O–H groups in total. The van der Waals surface area contributed by atoms with Crippen LogP contribution in [0, 0.1) is 0 Å². The summed E-state index contributed by atoms with van der Waals surface area (Å²) in [5.41, 5.74) is 0.324. The standard InChI is InChI=1S/C33H49N5O10/c1-2-3-4-5-6-13-23(20-29(41)34-25-15-10-12-19-38(46)32(25)43)48-33(44)26(16-9-11-18-37(45)22-39)35-30(42)27-21-47-31(36-27)24-14-7-8-17-28(24)40/h7-8,14,17,22-23,25-27,40,45-46H,2-6,9-13,15-16,18-21H2,1H3,(H,34,41)(H,35,42)/t23-,25-,26-,27-/m0/s1. The molecule has 1 aromatic rings. The van der Waals surface area contributed by atoms with Crippen molar-refractivity contribution in [1.82, 2.24) is 20.8 Å². The van der Waals surface area contributed by atoms with Gasteiger partial charge in [-0.2, -0.15) is 0 Å². The maximum absolute atomic E-state index is 13.6. The average Bonchev–Trinajstić information content (AvgIpc) is 3.51. The third kappa shape index (κ3) is 12.4. The Morgan fingerprint density at radius 2 is 1.88 bits per heavy atom. The minimum Gasteiger partial charge on any atom is -0.507 e. The van der Waals surface area contributed by atoms with Crippen molar-refractivity contribution in [3.63, 3.8) is 0 Å². The van der Waals surface area contributed by atoms with Gasteiger partial charge in [-0.25, -0.2) is 19.9 Å². The molecule has 3 rings (SSSR count). The van der Waals surface area contributed by atoms with Gasteiger partial charge in [0.15, 0.2) is 6.04 Å². The van der Waals surface area contributed by atoms with Gasteiger partial charge in [0.1, 0.15) is 30.5 Å². The van der Waals surface area contributed by atoms with Crippen LogP contribution in [0.3, 0.4) is 0 Å². The Labute approximate surface area is 280 Å². The highest BCUT2D eigenvalue weighted by Gasteiger charge is 2.33. The van der Waals surface area contributed by atoms with Crippen molar-refractivity contribution in [2.24, 2.45) is 4.99 Å². The number of esters is 1. The predicted octanol–water partition coefficient (Wildman–Crippen LogP) is 2.59. The second-order valence-corrected chi connectivity index (χ2v) is 12.1. The van der Waals surface area contributed by atoms with Crippen molar-refractivity contribution in [3.8, 4) is 5.75 Å². The number of phenols is 1. The van der Waals surface area contributed by atoms with Gasteiger partial charge in [-0.3, -0.25) is 29.6 Å². The molecule has 0 aliphatic carbocycles. The Balaban J connectivity index is 1.70. The van der Waals surface area contributed by atoms with Gasteiger partial charge in [-0.05, 0) is 63.5 Å². The molecule has 1 aromatic carbocycles. The van der Waals surface area contributed by atoms with Crippen LogP contribution in [0.25, 0.3) is 0 Å². The Hall–Kier alpha value is -4.24. The highest BCUT2D eigenvalue weighted by Crippen LogP contribution is 2.22. The first kappa shape index (κ1) is 38.2. The van der Waals surface area contributed by atoms with E-state index in [2.05, 4.69) is 22.5 Å². The monoisotopic (exact) mass is 675 g/mol. The Kier molecular flexibility index (Phi) is 16.1. The summed E-state index contributed by atoms with van der Waals surface area (Å²) in [7, 11) is 0. The van der Waals surface area contributed by atoms with Crippen LogP contribution in [0.1, 0.15) is 96.0 Å². The van der Waals surface area contributed by atoms with E-state index in [0.29, 0.717) is 60.6 Å². The molecule has 1 saturated heterocycles. The Morgan fingerprint density at radius 1 is 1.12 bits per heavy atom. The first-order valence-corrected chi connectivity index (χ1v) is 16.8. The minimum atomic E-state index is -1.14. The van der Waals surface area contributed by atoms with E-state index in [1.807, 2.05) is 0 Å². The predicted molar refractivity (Wildman–Crippen MR) is 172 cm³/mol. The molecule has 4 atom stereocenters. The molecule has 2 aliphatic heterocycles. The number of nitrogens with zero attached hydrogens (tertiary/aromatic N) is 3. The number of hydroxylamine groups is 4. The van der Waals surface area contributed by atoms with Gasteiger partial charge in [0.05, 0.1) is 12.0 Å². The molecular formula is C33H49N5O10. The number of unbranched alkanes of at least 4 members (excludes halogenated alkanes) is 5. The molecule has 15 nitrogen and oxygen atoms in total. The third-order valence-electron chi connectivity index (χ3n) is 8.27. The summed E-state index contributed by atoms with van der Waals surface area (Å²) < 4.78 is 11.4. The first-order valence-electron chi connectivity index (χ1n) is 16.8. The number of hydrogen-bond donors (Lipinski definition) is 5. The van der Waals surface area contributed by atoms with Gasteiger partial charge in [0, 0.05) is 13.1 Å². The molecule has 0 radical (unpaired) electrons. The maximum atomic E-state index is 13.6. The number of benzene rings is 1. The fraction of sp³-hybridized carbons (Fsp3) is 0.636. The number of carbonyl (C=O) groups is 5. The second-order valence-electron chi connectivity index (χ2n) is 12.1. The quantitative estimate of drug-likeness (QED) is 0.0449. The highest BCUT2D eigenvalue weighted by atomic mass is 16.5. The van der Waals surface area contributed by atoms with Gasteiger partial charge >= 0.3 is 5.97 Å². The van der Waals surface area contributed by atoms with Gasteiger partial charge in [-0.1, -0.05) is 44.7 Å². The Morgan fingerprint density at radius 3 is 2.62 bits per heavy atom. The van der Waals surface area contributed by atoms with Crippen LogP contribution in [0.5, 0.6) is 5.75 Å². The molecule has 2 aliphatic rings. The van der Waals surface area contributed by atoms with Crippen LogP contribution < -0.4 is 10.6 Å². The number of nitrogens with one attached hydrogen (secondary N) is 2. The number of aromatic hydroxyl groups is 1. The highest BCUT2D eigenvalue weighted by molar-refractivity contribution is 6.00. The number of amides is 4. The molecule has 0 spiro atoms. The van der Waals surface area contributed by atoms with Gasteiger partial charge in [0.25, 0.3) is 5.91 Å². The summed E-state index contributed by atoms with van der Waals surface area (Å²) >= 11 is 0. The van der Waals surface area contributed by atoms with Crippen molar-refractivity contribution in [1.29, 1.82) is 0 Å². The van der Waals surface area contributed by atoms with E-state index in [4.69, 9.17) is 9.47 Å². The van der Waals surface area contributed by atoms with Crippen molar-refractivity contribution in [3.05, 3.63) is 29.8 Å². The van der Waals surface area contributed by atoms with Crippen LogP contribution in [-0.2, 0) is 33.4 Å². The van der Waals surface area contributed by atoms with Crippen molar-refractivity contribution < 1.29 is 49.0 Å². The summed E-state index contributed by atoms with van der Waals surface area (Å²) in [6, 6.07) is 3.38. The largest absolute Gasteiger partial charge is 0.507 e. The fourth-order valence-electron chi connectivity index (χ4n) is 5.54. The van der Waals surface area contributed by atoms with Crippen molar-refractivity contribution in [2.75, 3.05) is 19.7 Å². The van der Waals surface area contributed by atoms with E-state index < -0.39 is 47.9 Å². The lowest BCUT2D eigenvalue weighted by Crippen LogP contribution is -2.48. The lowest BCUT2D eigenvalue weighted by molar-refractivity contribution is -0.167. The number of para-hydroxylation sites is 1. The van der Waals surface area contributed by atoms with Crippen molar-refractivity contribution >= 4 is 36.0 Å². The summed E-state index contributed by atoms with van der Waals surface area (Å²) in [6.45, 7) is 2.20. The molecule has 2 heterocycles. The van der Waals surface area contributed by atoms with E-state index in [1.165, 1.54) is 6.07 Å². The second kappa shape index (κ2) is 20.2. The minimum absolute atomic E-state index is 0.0234. The van der Waals surface area contributed by atoms with Crippen molar-refractivity contribution in [2.45, 2.75) is 115 Å². The molecule has 0 unspecified atom stereocenters. The number of ether oxygens (including phenoxy) is 2. The first-order chi connectivity index (χ1) is 23.1. The summed E-state index contributed by atoms with van der Waals surface area (Å²) in [4.78, 5) is 67.5. The molecule has 266 valence electrons. The molecule has 0 saturated carbocycles. The number of carbonyl (C=O) groups excluding carboxylic acids is 5. The lowest BCUT2D eigenvalue weighted by atomic mass is 10.0. The molecule has 15 heteroatoms.